The number of hydrogen-bond donors (Lipinski definition) is 1. The largest absolute Gasteiger partial charge is 0.481 e. The van der Waals surface area contributed by atoms with E-state index in [0.29, 0.717) is 0 Å². The lowest BCUT2D eigenvalue weighted by molar-refractivity contribution is -0.145. The quantitative estimate of drug-likeness (QED) is 0.899. The van der Waals surface area contributed by atoms with Crippen molar-refractivity contribution in [2.75, 3.05) is 13.1 Å². The monoisotopic (exact) mass is 271 g/mol. The summed E-state index contributed by atoms with van der Waals surface area (Å²) in [7, 11) is 0. The van der Waals surface area contributed by atoms with Crippen LogP contribution in [0.3, 0.4) is 0 Å². The predicted molar refractivity (Wildman–Crippen MR) is 79.7 cm³/mol. The van der Waals surface area contributed by atoms with Crippen molar-refractivity contribution >= 4 is 12.0 Å². The Kier molecular flexibility index (Phi) is 3.38. The predicted octanol–water partition coefficient (Wildman–Crippen LogP) is 2.91. The van der Waals surface area contributed by atoms with E-state index in [-0.39, 0.29) is 6.04 Å². The van der Waals surface area contributed by atoms with Crippen LogP contribution in [0, 0.1) is 0 Å². The van der Waals surface area contributed by atoms with Crippen LogP contribution < -0.4 is 0 Å². The lowest BCUT2D eigenvalue weighted by atomic mass is 9.70. The van der Waals surface area contributed by atoms with Crippen LogP contribution in [0.15, 0.2) is 30.3 Å². The van der Waals surface area contributed by atoms with Crippen LogP contribution in [-0.2, 0) is 10.2 Å². The summed E-state index contributed by atoms with van der Waals surface area (Å²) in [6.07, 6.45) is 7.76. The zero-order valence-corrected chi connectivity index (χ0v) is 11.9. The Hall–Kier alpha value is -1.61. The van der Waals surface area contributed by atoms with E-state index >= 15 is 0 Å². The molecule has 0 amide bonds. The zero-order valence-electron chi connectivity index (χ0n) is 11.9. The summed E-state index contributed by atoms with van der Waals surface area (Å²) < 4.78 is 0. The highest BCUT2D eigenvalue weighted by Crippen LogP contribution is 2.39. The maximum Gasteiger partial charge on any atom is 0.315 e. The molecule has 0 bridgehead atoms. The number of benzene rings is 1. The molecule has 1 aliphatic carbocycles. The van der Waals surface area contributed by atoms with Crippen molar-refractivity contribution in [1.82, 2.24) is 4.90 Å². The Labute approximate surface area is 119 Å². The first kappa shape index (κ1) is 13.4. The Bertz CT molecular complexity index is 546. The molecule has 3 heteroatoms. The molecule has 0 aromatic heterocycles. The molecule has 3 nitrogen and oxygen atoms in total. The standard InChI is InChI=1S/C17H21NO2/c1-17(16(19)20)14-8-4-3-7-13(14)9-10-15(17)18-11-5-2-6-12-18/h3-4,7-10,15H,2,5-6,11-12H2,1H3,(H,19,20)/t15-,17+/m0/s1. The first-order valence-electron chi connectivity index (χ1n) is 7.39. The number of carboxylic acid groups (broad SMARTS) is 1. The Morgan fingerprint density at radius 1 is 1.25 bits per heavy atom. The van der Waals surface area contributed by atoms with Gasteiger partial charge in [-0.15, -0.1) is 0 Å². The Balaban J connectivity index is 2.05. The van der Waals surface area contributed by atoms with Gasteiger partial charge in [-0.1, -0.05) is 42.8 Å². The van der Waals surface area contributed by atoms with Crippen molar-refractivity contribution in [3.63, 3.8) is 0 Å². The second-order valence-corrected chi connectivity index (χ2v) is 6.00. The molecule has 1 aromatic carbocycles. The molecule has 1 aliphatic heterocycles. The van der Waals surface area contributed by atoms with Gasteiger partial charge in [-0.3, -0.25) is 9.69 Å². The van der Waals surface area contributed by atoms with Crippen molar-refractivity contribution in [3.05, 3.63) is 41.5 Å². The number of carboxylic acids is 1. The fourth-order valence-electron chi connectivity index (χ4n) is 3.59. The summed E-state index contributed by atoms with van der Waals surface area (Å²) in [4.78, 5) is 14.4. The maximum atomic E-state index is 12.0. The second kappa shape index (κ2) is 5.06. The van der Waals surface area contributed by atoms with Gasteiger partial charge in [0.25, 0.3) is 0 Å². The lowest BCUT2D eigenvalue weighted by Crippen LogP contribution is -2.55. The van der Waals surface area contributed by atoms with Crippen molar-refractivity contribution < 1.29 is 9.90 Å². The first-order valence-corrected chi connectivity index (χ1v) is 7.39. The molecule has 20 heavy (non-hydrogen) atoms. The number of carbonyl (C=O) groups is 1. The normalized spacial score (nSPS) is 29.9. The smallest absolute Gasteiger partial charge is 0.315 e. The highest BCUT2D eigenvalue weighted by molar-refractivity contribution is 5.86. The fraction of sp³-hybridized carbons (Fsp3) is 0.471. The van der Waals surface area contributed by atoms with Gasteiger partial charge in [0.2, 0.25) is 0 Å². The number of likely N-dealkylation sites (tertiary alicyclic amines) is 1. The topological polar surface area (TPSA) is 40.5 Å². The summed E-state index contributed by atoms with van der Waals surface area (Å²) in [5.41, 5.74) is 1.11. The average Bonchev–Trinajstić information content (AvgIpc) is 2.48. The molecule has 2 atom stereocenters. The Morgan fingerprint density at radius 3 is 2.65 bits per heavy atom. The zero-order chi connectivity index (χ0) is 14.2. The van der Waals surface area contributed by atoms with E-state index in [0.717, 1.165) is 24.2 Å². The van der Waals surface area contributed by atoms with E-state index < -0.39 is 11.4 Å². The molecule has 0 unspecified atom stereocenters. The third kappa shape index (κ3) is 1.97. The molecule has 106 valence electrons. The van der Waals surface area contributed by atoms with Gasteiger partial charge < -0.3 is 5.11 Å². The first-order chi connectivity index (χ1) is 9.64. The number of aliphatic carboxylic acids is 1. The molecular formula is C17H21NO2. The van der Waals surface area contributed by atoms with Crippen molar-refractivity contribution in [2.24, 2.45) is 0 Å². The van der Waals surface area contributed by atoms with Gasteiger partial charge in [0, 0.05) is 6.04 Å². The second-order valence-electron chi connectivity index (χ2n) is 6.00. The van der Waals surface area contributed by atoms with Gasteiger partial charge >= 0.3 is 5.97 Å². The molecule has 3 rings (SSSR count). The van der Waals surface area contributed by atoms with Crippen molar-refractivity contribution in [3.8, 4) is 0 Å². The molecule has 0 spiro atoms. The van der Waals surface area contributed by atoms with Crippen LogP contribution in [0.2, 0.25) is 0 Å². The summed E-state index contributed by atoms with van der Waals surface area (Å²) in [5, 5.41) is 9.88. The molecule has 1 heterocycles. The molecule has 0 saturated carbocycles. The van der Waals surface area contributed by atoms with Crippen LogP contribution in [0.25, 0.3) is 6.08 Å². The van der Waals surface area contributed by atoms with Gasteiger partial charge in [-0.25, -0.2) is 0 Å². The van der Waals surface area contributed by atoms with Crippen LogP contribution in [0.4, 0.5) is 0 Å². The number of rotatable bonds is 2. The van der Waals surface area contributed by atoms with Crippen LogP contribution in [-0.4, -0.2) is 35.1 Å². The van der Waals surface area contributed by atoms with E-state index in [1.807, 2.05) is 31.2 Å². The number of nitrogens with zero attached hydrogens (tertiary/aromatic N) is 1. The molecule has 1 aromatic rings. The van der Waals surface area contributed by atoms with Crippen molar-refractivity contribution in [2.45, 2.75) is 37.6 Å². The minimum absolute atomic E-state index is 0.0461. The third-order valence-corrected chi connectivity index (χ3v) is 4.80. The van der Waals surface area contributed by atoms with Crippen LogP contribution in [0.5, 0.6) is 0 Å². The number of hydrogen-bond acceptors (Lipinski definition) is 2. The summed E-state index contributed by atoms with van der Waals surface area (Å²) in [6.45, 7) is 3.87. The van der Waals surface area contributed by atoms with E-state index in [1.165, 1.54) is 19.3 Å². The molecular weight excluding hydrogens is 250 g/mol. The van der Waals surface area contributed by atoms with Crippen molar-refractivity contribution in [1.29, 1.82) is 0 Å². The molecule has 2 aliphatic rings. The number of fused-ring (bicyclic) bond motifs is 1. The highest BCUT2D eigenvalue weighted by atomic mass is 16.4. The SMILES string of the molecule is C[C@@]1(C(=O)O)c2ccccc2C=C[C@@H]1N1CCCCC1. The molecule has 0 radical (unpaired) electrons. The van der Waals surface area contributed by atoms with Crippen LogP contribution in [0.1, 0.15) is 37.3 Å². The van der Waals surface area contributed by atoms with E-state index in [1.54, 1.807) is 0 Å². The molecule has 1 fully saturated rings. The van der Waals surface area contributed by atoms with Crippen LogP contribution >= 0.6 is 0 Å². The lowest BCUT2D eigenvalue weighted by Gasteiger charge is -2.44. The van der Waals surface area contributed by atoms with Gasteiger partial charge in [0.1, 0.15) is 5.41 Å². The summed E-state index contributed by atoms with van der Waals surface area (Å²) in [5.74, 6) is -0.732. The summed E-state index contributed by atoms with van der Waals surface area (Å²) in [6, 6.07) is 7.82. The maximum absolute atomic E-state index is 12.0. The molecule has 1 saturated heterocycles. The van der Waals surface area contributed by atoms with Gasteiger partial charge in [0.05, 0.1) is 0 Å². The average molecular weight is 271 g/mol. The van der Waals surface area contributed by atoms with Gasteiger partial charge in [0.15, 0.2) is 0 Å². The third-order valence-electron chi connectivity index (χ3n) is 4.80. The van der Waals surface area contributed by atoms with Gasteiger partial charge in [-0.05, 0) is 44.0 Å². The minimum Gasteiger partial charge on any atom is -0.481 e. The fourth-order valence-corrected chi connectivity index (χ4v) is 3.59. The summed E-state index contributed by atoms with van der Waals surface area (Å²) >= 11 is 0. The highest BCUT2D eigenvalue weighted by Gasteiger charge is 2.47. The number of piperidine rings is 1. The minimum atomic E-state index is -0.858. The van der Waals surface area contributed by atoms with E-state index in [2.05, 4.69) is 17.1 Å². The van der Waals surface area contributed by atoms with E-state index in [9.17, 15) is 9.90 Å². The Morgan fingerprint density at radius 2 is 1.95 bits per heavy atom. The van der Waals surface area contributed by atoms with Gasteiger partial charge in [-0.2, -0.15) is 0 Å². The molecule has 1 N–H and O–H groups in total. The van der Waals surface area contributed by atoms with E-state index in [4.69, 9.17) is 0 Å².